The van der Waals surface area contributed by atoms with E-state index in [1.165, 1.54) is 0 Å². The van der Waals surface area contributed by atoms with Crippen molar-refractivity contribution in [2.45, 2.75) is 6.42 Å². The Morgan fingerprint density at radius 2 is 2.50 bits per heavy atom. The second-order valence-electron chi connectivity index (χ2n) is 2.06. The van der Waals surface area contributed by atoms with Gasteiger partial charge in [-0.3, -0.25) is 0 Å². The zero-order chi connectivity index (χ0) is 7.56. The van der Waals surface area contributed by atoms with Crippen molar-refractivity contribution in [3.8, 4) is 0 Å². The highest BCUT2D eigenvalue weighted by molar-refractivity contribution is 9.10. The van der Waals surface area contributed by atoms with Crippen LogP contribution >= 0.6 is 15.9 Å². The fourth-order valence-corrected chi connectivity index (χ4v) is 1.31. The summed E-state index contributed by atoms with van der Waals surface area (Å²) in [5.74, 6) is 0.898. The van der Waals surface area contributed by atoms with Gasteiger partial charge in [0.15, 0.2) is 0 Å². The Labute approximate surface area is 67.8 Å². The summed E-state index contributed by atoms with van der Waals surface area (Å²) in [6.07, 6.45) is 2.48. The van der Waals surface area contributed by atoms with Gasteiger partial charge in [-0.25, -0.2) is 4.98 Å². The Hall–Kier alpha value is -0.350. The molecule has 0 unspecified atom stereocenters. The van der Waals surface area contributed by atoms with Gasteiger partial charge >= 0.3 is 0 Å². The van der Waals surface area contributed by atoms with E-state index in [0.717, 1.165) is 10.4 Å². The zero-order valence-electron chi connectivity index (χ0n) is 5.71. The molecule has 0 aliphatic heterocycles. The molecule has 0 spiro atoms. The lowest BCUT2D eigenvalue weighted by Gasteiger charge is -1.95. The Morgan fingerprint density at radius 1 is 1.80 bits per heavy atom. The lowest BCUT2D eigenvalue weighted by Crippen LogP contribution is -1.99. The number of hydrogen-bond acceptors (Lipinski definition) is 2. The number of hydrogen-bond donors (Lipinski definition) is 1. The summed E-state index contributed by atoms with van der Waals surface area (Å²) in [6.45, 7) is 0.150. The van der Waals surface area contributed by atoms with Crippen molar-refractivity contribution in [2.75, 3.05) is 6.61 Å². The van der Waals surface area contributed by atoms with Crippen LogP contribution in [0.3, 0.4) is 0 Å². The van der Waals surface area contributed by atoms with E-state index in [-0.39, 0.29) is 6.61 Å². The molecule has 3 nitrogen and oxygen atoms in total. The summed E-state index contributed by atoms with van der Waals surface area (Å²) in [6, 6.07) is 0. The first kappa shape index (κ1) is 7.75. The first-order valence-corrected chi connectivity index (χ1v) is 3.82. The number of nitrogens with zero attached hydrogens (tertiary/aromatic N) is 2. The van der Waals surface area contributed by atoms with E-state index in [9.17, 15) is 0 Å². The minimum absolute atomic E-state index is 0.150. The average Bonchev–Trinajstić information content (AvgIpc) is 2.13. The van der Waals surface area contributed by atoms with Gasteiger partial charge in [-0.2, -0.15) is 0 Å². The Morgan fingerprint density at radius 3 is 2.90 bits per heavy atom. The maximum atomic E-state index is 8.58. The Kier molecular flexibility index (Phi) is 2.45. The van der Waals surface area contributed by atoms with E-state index < -0.39 is 0 Å². The summed E-state index contributed by atoms with van der Waals surface area (Å²) >= 11 is 3.24. The van der Waals surface area contributed by atoms with Gasteiger partial charge in [0.25, 0.3) is 0 Å². The molecule has 0 saturated heterocycles. The maximum absolute atomic E-state index is 8.58. The largest absolute Gasteiger partial charge is 0.396 e. The van der Waals surface area contributed by atoms with Gasteiger partial charge in [0, 0.05) is 19.7 Å². The van der Waals surface area contributed by atoms with Crippen molar-refractivity contribution in [1.29, 1.82) is 0 Å². The van der Waals surface area contributed by atoms with E-state index in [4.69, 9.17) is 5.11 Å². The minimum Gasteiger partial charge on any atom is -0.396 e. The molecule has 0 bridgehead atoms. The Bertz CT molecular complexity index is 222. The second kappa shape index (κ2) is 3.16. The van der Waals surface area contributed by atoms with Gasteiger partial charge in [-0.1, -0.05) is 0 Å². The number of rotatable bonds is 2. The summed E-state index contributed by atoms with van der Waals surface area (Å²) in [4.78, 5) is 4.12. The van der Waals surface area contributed by atoms with Crippen molar-refractivity contribution < 1.29 is 5.11 Å². The van der Waals surface area contributed by atoms with Crippen molar-refractivity contribution in [2.24, 2.45) is 7.05 Å². The summed E-state index contributed by atoms with van der Waals surface area (Å²) in [5.41, 5.74) is 0. The standard InChI is InChI=1S/C6H9BrN2O/c1-9-4-5(7)8-6(9)2-3-10/h4,10H,2-3H2,1H3. The predicted molar refractivity (Wildman–Crippen MR) is 41.7 cm³/mol. The SMILES string of the molecule is Cn1cc(Br)nc1CCO. The third kappa shape index (κ3) is 1.58. The highest BCUT2D eigenvalue weighted by Crippen LogP contribution is 2.07. The number of aromatic nitrogens is 2. The number of imidazole rings is 1. The van der Waals surface area contributed by atoms with Crippen molar-refractivity contribution in [3.63, 3.8) is 0 Å². The summed E-state index contributed by atoms with van der Waals surface area (Å²) < 4.78 is 2.71. The zero-order valence-corrected chi connectivity index (χ0v) is 7.30. The minimum atomic E-state index is 0.150. The monoisotopic (exact) mass is 204 g/mol. The van der Waals surface area contributed by atoms with Crippen molar-refractivity contribution in [3.05, 3.63) is 16.6 Å². The van der Waals surface area contributed by atoms with Crippen LogP contribution in [0, 0.1) is 0 Å². The lowest BCUT2D eigenvalue weighted by molar-refractivity contribution is 0.295. The van der Waals surface area contributed by atoms with Crippen LogP contribution in [0.1, 0.15) is 5.82 Å². The van der Waals surface area contributed by atoms with Crippen LogP contribution in [-0.2, 0) is 13.5 Å². The molecule has 1 heterocycles. The highest BCUT2D eigenvalue weighted by Gasteiger charge is 2.00. The predicted octanol–water partition coefficient (Wildman–Crippen LogP) is 0.717. The topological polar surface area (TPSA) is 38.0 Å². The van der Waals surface area contributed by atoms with Gasteiger partial charge < -0.3 is 9.67 Å². The van der Waals surface area contributed by atoms with Crippen LogP contribution in [0.4, 0.5) is 0 Å². The van der Waals surface area contributed by atoms with Crippen LogP contribution < -0.4 is 0 Å². The number of aliphatic hydroxyl groups is 1. The molecule has 1 N–H and O–H groups in total. The van der Waals surface area contributed by atoms with Gasteiger partial charge in [0.2, 0.25) is 0 Å². The van der Waals surface area contributed by atoms with E-state index >= 15 is 0 Å². The first-order chi connectivity index (χ1) is 4.74. The van der Waals surface area contributed by atoms with E-state index in [0.29, 0.717) is 6.42 Å². The average molecular weight is 205 g/mol. The van der Waals surface area contributed by atoms with Crippen LogP contribution in [0.25, 0.3) is 0 Å². The molecule has 10 heavy (non-hydrogen) atoms. The van der Waals surface area contributed by atoms with Crippen LogP contribution in [0.2, 0.25) is 0 Å². The molecule has 56 valence electrons. The van der Waals surface area contributed by atoms with Crippen molar-refractivity contribution in [1.82, 2.24) is 9.55 Å². The molecule has 0 amide bonds. The lowest BCUT2D eigenvalue weighted by atomic mass is 10.4. The fraction of sp³-hybridized carbons (Fsp3) is 0.500. The molecule has 0 saturated carbocycles. The molecule has 0 aliphatic rings. The number of halogens is 1. The molecule has 1 aromatic rings. The quantitative estimate of drug-likeness (QED) is 0.772. The molecule has 4 heteroatoms. The van der Waals surface area contributed by atoms with Crippen LogP contribution in [0.15, 0.2) is 10.8 Å². The molecule has 0 radical (unpaired) electrons. The van der Waals surface area contributed by atoms with Crippen LogP contribution in [-0.4, -0.2) is 21.3 Å². The maximum Gasteiger partial charge on any atom is 0.124 e. The van der Waals surface area contributed by atoms with Crippen LogP contribution in [0.5, 0.6) is 0 Å². The normalized spacial score (nSPS) is 10.3. The highest BCUT2D eigenvalue weighted by atomic mass is 79.9. The van der Waals surface area contributed by atoms with E-state index in [1.807, 2.05) is 17.8 Å². The van der Waals surface area contributed by atoms with Gasteiger partial charge in [-0.15, -0.1) is 0 Å². The summed E-state index contributed by atoms with van der Waals surface area (Å²) in [7, 11) is 1.91. The first-order valence-electron chi connectivity index (χ1n) is 3.02. The molecule has 1 aromatic heterocycles. The van der Waals surface area contributed by atoms with Gasteiger partial charge in [-0.05, 0) is 15.9 Å². The molecule has 0 atom stereocenters. The Balaban J connectivity index is 2.81. The third-order valence-corrected chi connectivity index (χ3v) is 1.66. The number of aryl methyl sites for hydroxylation is 1. The molecular formula is C6H9BrN2O. The molecule has 0 aromatic carbocycles. The fourth-order valence-electron chi connectivity index (χ4n) is 0.798. The van der Waals surface area contributed by atoms with E-state index in [1.54, 1.807) is 0 Å². The van der Waals surface area contributed by atoms with E-state index in [2.05, 4.69) is 20.9 Å². The molecule has 0 fully saturated rings. The molecular weight excluding hydrogens is 196 g/mol. The van der Waals surface area contributed by atoms with Gasteiger partial charge in [0.05, 0.1) is 6.61 Å². The smallest absolute Gasteiger partial charge is 0.124 e. The third-order valence-electron chi connectivity index (χ3n) is 1.28. The summed E-state index contributed by atoms with van der Waals surface area (Å²) in [5, 5.41) is 8.58. The molecule has 0 aliphatic carbocycles. The molecule has 1 rings (SSSR count). The van der Waals surface area contributed by atoms with Crippen molar-refractivity contribution >= 4 is 15.9 Å². The van der Waals surface area contributed by atoms with Gasteiger partial charge in [0.1, 0.15) is 10.4 Å². The second-order valence-corrected chi connectivity index (χ2v) is 2.88. The number of aliphatic hydroxyl groups excluding tert-OH is 1.